The highest BCUT2D eigenvalue weighted by Gasteiger charge is 2.13. The molecule has 0 aliphatic heterocycles. The molecular weight excluding hydrogens is 304 g/mol. The minimum atomic E-state index is 0.522. The topological polar surface area (TPSA) is 42.7 Å². The van der Waals surface area contributed by atoms with E-state index in [1.54, 1.807) is 6.33 Å². The predicted octanol–water partition coefficient (Wildman–Crippen LogP) is 2.20. The van der Waals surface area contributed by atoms with Gasteiger partial charge in [0.15, 0.2) is 0 Å². The van der Waals surface area contributed by atoms with Crippen LogP contribution in [0.5, 0.6) is 0 Å². The Labute approximate surface area is 122 Å². The van der Waals surface area contributed by atoms with Gasteiger partial charge >= 0.3 is 0 Å². The summed E-state index contributed by atoms with van der Waals surface area (Å²) in [6.45, 7) is 0.975. The molecule has 102 valence electrons. The summed E-state index contributed by atoms with van der Waals surface area (Å²) in [4.78, 5) is 4.31. The smallest absolute Gasteiger partial charge is 0.138 e. The fourth-order valence-corrected chi connectivity index (χ4v) is 2.49. The number of aryl methyl sites for hydroxylation is 1. The first-order valence-corrected chi connectivity index (χ1v) is 7.20. The molecule has 1 aromatic carbocycles. The first-order chi connectivity index (χ1) is 9.19. The van der Waals surface area contributed by atoms with E-state index in [2.05, 4.69) is 55.6 Å². The average molecular weight is 323 g/mol. The Hall–Kier alpha value is -1.20. The lowest BCUT2D eigenvalue weighted by molar-refractivity contribution is 0.471. The van der Waals surface area contributed by atoms with Crippen LogP contribution in [-0.4, -0.2) is 28.4 Å². The van der Waals surface area contributed by atoms with Gasteiger partial charge in [-0.3, -0.25) is 4.68 Å². The van der Waals surface area contributed by atoms with E-state index in [9.17, 15) is 0 Å². The van der Waals surface area contributed by atoms with Crippen LogP contribution < -0.4 is 5.32 Å². The molecule has 1 aromatic heterocycles. The molecule has 0 aliphatic rings. The molecule has 4 nitrogen and oxygen atoms in total. The molecule has 0 bridgehead atoms. The number of halogens is 1. The first kappa shape index (κ1) is 14.2. The third kappa shape index (κ3) is 4.14. The Bertz CT molecular complexity index is 506. The molecule has 0 saturated heterocycles. The Morgan fingerprint density at radius 2 is 2.00 bits per heavy atom. The summed E-state index contributed by atoms with van der Waals surface area (Å²) in [5, 5.41) is 7.39. The largest absolute Gasteiger partial charge is 0.319 e. The zero-order valence-electron chi connectivity index (χ0n) is 11.3. The molecule has 1 atom stereocenters. The van der Waals surface area contributed by atoms with Crippen LogP contribution in [0.15, 0.2) is 35.1 Å². The van der Waals surface area contributed by atoms with E-state index < -0.39 is 0 Å². The summed E-state index contributed by atoms with van der Waals surface area (Å²) in [6.07, 6.45) is 3.60. The van der Waals surface area contributed by atoms with E-state index in [-0.39, 0.29) is 0 Å². The van der Waals surface area contributed by atoms with Crippen molar-refractivity contribution in [2.75, 3.05) is 13.6 Å². The Kier molecular flexibility index (Phi) is 5.10. The molecule has 0 fully saturated rings. The highest BCUT2D eigenvalue weighted by molar-refractivity contribution is 9.10. The van der Waals surface area contributed by atoms with Gasteiger partial charge in [0.25, 0.3) is 0 Å². The molecular formula is C14H19BrN4. The Balaban J connectivity index is 2.03. The van der Waals surface area contributed by atoms with Crippen molar-refractivity contribution in [1.82, 2.24) is 20.1 Å². The molecule has 1 heterocycles. The summed E-state index contributed by atoms with van der Waals surface area (Å²) in [7, 11) is 3.93. The van der Waals surface area contributed by atoms with Gasteiger partial charge in [-0.05, 0) is 43.6 Å². The monoisotopic (exact) mass is 322 g/mol. The second kappa shape index (κ2) is 6.82. The molecule has 0 spiro atoms. The van der Waals surface area contributed by atoms with Gasteiger partial charge in [0.2, 0.25) is 0 Å². The fourth-order valence-electron chi connectivity index (χ4n) is 2.22. The van der Waals surface area contributed by atoms with Crippen molar-refractivity contribution in [3.8, 4) is 0 Å². The van der Waals surface area contributed by atoms with Crippen LogP contribution in [0.1, 0.15) is 11.4 Å². The lowest BCUT2D eigenvalue weighted by Crippen LogP contribution is -2.24. The van der Waals surface area contributed by atoms with Crippen molar-refractivity contribution < 1.29 is 0 Å². The van der Waals surface area contributed by atoms with Crippen molar-refractivity contribution >= 4 is 15.9 Å². The van der Waals surface area contributed by atoms with Crippen LogP contribution in [-0.2, 0) is 19.9 Å². The molecule has 5 heteroatoms. The van der Waals surface area contributed by atoms with Gasteiger partial charge < -0.3 is 5.32 Å². The average Bonchev–Trinajstić information content (AvgIpc) is 2.78. The number of hydrogen-bond donors (Lipinski definition) is 1. The molecule has 0 radical (unpaired) electrons. The Morgan fingerprint density at radius 1 is 1.26 bits per heavy atom. The molecule has 1 N–H and O–H groups in total. The minimum absolute atomic E-state index is 0.522. The normalized spacial score (nSPS) is 12.6. The van der Waals surface area contributed by atoms with E-state index in [1.165, 1.54) is 5.56 Å². The third-order valence-corrected chi connectivity index (χ3v) is 3.74. The quantitative estimate of drug-likeness (QED) is 0.886. The minimum Gasteiger partial charge on any atom is -0.319 e. The number of hydrogen-bond acceptors (Lipinski definition) is 3. The molecule has 2 aromatic rings. The molecule has 19 heavy (non-hydrogen) atoms. The summed E-state index contributed by atoms with van der Waals surface area (Å²) in [6, 6.07) is 8.52. The van der Waals surface area contributed by atoms with Crippen molar-refractivity contribution in [1.29, 1.82) is 0 Å². The first-order valence-electron chi connectivity index (χ1n) is 6.41. The Morgan fingerprint density at radius 3 is 2.58 bits per heavy atom. The second-order valence-corrected chi connectivity index (χ2v) is 5.67. The van der Waals surface area contributed by atoms with Crippen LogP contribution in [0, 0.1) is 5.92 Å². The molecule has 0 saturated carbocycles. The van der Waals surface area contributed by atoms with E-state index in [1.807, 2.05) is 18.8 Å². The van der Waals surface area contributed by atoms with Gasteiger partial charge in [-0.15, -0.1) is 0 Å². The number of aromatic nitrogens is 3. The van der Waals surface area contributed by atoms with E-state index in [0.717, 1.165) is 29.7 Å². The molecule has 0 amide bonds. The van der Waals surface area contributed by atoms with E-state index >= 15 is 0 Å². The number of nitrogens with zero attached hydrogens (tertiary/aromatic N) is 3. The van der Waals surface area contributed by atoms with Gasteiger partial charge in [0.05, 0.1) is 0 Å². The van der Waals surface area contributed by atoms with Crippen LogP contribution in [0.3, 0.4) is 0 Å². The fraction of sp³-hybridized carbons (Fsp3) is 0.429. The van der Waals surface area contributed by atoms with E-state index in [0.29, 0.717) is 5.92 Å². The molecule has 2 rings (SSSR count). The van der Waals surface area contributed by atoms with Crippen molar-refractivity contribution in [2.24, 2.45) is 13.0 Å². The van der Waals surface area contributed by atoms with Crippen LogP contribution in [0.2, 0.25) is 0 Å². The lowest BCUT2D eigenvalue weighted by Gasteiger charge is -2.16. The SMILES string of the molecule is CNCC(Cc1ccc(Br)cc1)Cc1ncnn1C. The maximum absolute atomic E-state index is 4.31. The lowest BCUT2D eigenvalue weighted by atomic mass is 9.96. The third-order valence-electron chi connectivity index (χ3n) is 3.21. The van der Waals surface area contributed by atoms with Crippen molar-refractivity contribution in [2.45, 2.75) is 12.8 Å². The van der Waals surface area contributed by atoms with Gasteiger partial charge in [0, 0.05) is 17.9 Å². The summed E-state index contributed by atoms with van der Waals surface area (Å²) in [5.41, 5.74) is 1.35. The standard InChI is InChI=1S/C14H19BrN4/c1-16-9-12(8-14-17-10-18-19(14)2)7-11-3-5-13(15)6-4-11/h3-6,10,12,16H,7-9H2,1-2H3. The number of nitrogens with one attached hydrogen (secondary N) is 1. The van der Waals surface area contributed by atoms with Crippen LogP contribution >= 0.6 is 15.9 Å². The summed E-state index contributed by atoms with van der Waals surface area (Å²) >= 11 is 3.47. The zero-order valence-corrected chi connectivity index (χ0v) is 12.9. The van der Waals surface area contributed by atoms with Crippen LogP contribution in [0.25, 0.3) is 0 Å². The van der Waals surface area contributed by atoms with Gasteiger partial charge in [-0.1, -0.05) is 28.1 Å². The maximum atomic E-state index is 4.31. The molecule has 0 aliphatic carbocycles. The van der Waals surface area contributed by atoms with Crippen molar-refractivity contribution in [3.63, 3.8) is 0 Å². The van der Waals surface area contributed by atoms with E-state index in [4.69, 9.17) is 0 Å². The highest BCUT2D eigenvalue weighted by Crippen LogP contribution is 2.16. The van der Waals surface area contributed by atoms with Gasteiger partial charge in [0.1, 0.15) is 12.2 Å². The molecule has 1 unspecified atom stereocenters. The number of benzene rings is 1. The zero-order chi connectivity index (χ0) is 13.7. The second-order valence-electron chi connectivity index (χ2n) is 4.76. The summed E-state index contributed by atoms with van der Waals surface area (Å²) in [5.74, 6) is 1.56. The summed E-state index contributed by atoms with van der Waals surface area (Å²) < 4.78 is 2.97. The van der Waals surface area contributed by atoms with Gasteiger partial charge in [-0.25, -0.2) is 4.98 Å². The highest BCUT2D eigenvalue weighted by atomic mass is 79.9. The van der Waals surface area contributed by atoms with Crippen molar-refractivity contribution in [3.05, 3.63) is 46.5 Å². The predicted molar refractivity (Wildman–Crippen MR) is 80.0 cm³/mol. The van der Waals surface area contributed by atoms with Crippen LogP contribution in [0.4, 0.5) is 0 Å². The van der Waals surface area contributed by atoms with Gasteiger partial charge in [-0.2, -0.15) is 5.10 Å². The maximum Gasteiger partial charge on any atom is 0.138 e. The number of rotatable bonds is 6.